The number of aromatic nitrogens is 2. The zero-order valence-corrected chi connectivity index (χ0v) is 14.6. The molecular weight excluding hydrogens is 334 g/mol. The van der Waals surface area contributed by atoms with Crippen molar-refractivity contribution in [1.82, 2.24) is 10.2 Å². The second-order valence-corrected chi connectivity index (χ2v) is 6.80. The molecule has 3 aromatic heterocycles. The zero-order valence-electron chi connectivity index (χ0n) is 13.8. The van der Waals surface area contributed by atoms with Crippen LogP contribution in [-0.4, -0.2) is 10.2 Å². The summed E-state index contributed by atoms with van der Waals surface area (Å²) in [7, 11) is 0. The number of hydrogen-bond acceptors (Lipinski definition) is 5. The molecule has 2 N–H and O–H groups in total. The normalized spacial score (nSPS) is 12.4. The number of furan rings is 1. The fourth-order valence-electron chi connectivity index (χ4n) is 2.71. The van der Waals surface area contributed by atoms with Crippen LogP contribution in [0.15, 0.2) is 69.0 Å². The Morgan fingerprint density at radius 3 is 2.68 bits per heavy atom. The molecule has 0 amide bonds. The van der Waals surface area contributed by atoms with Crippen molar-refractivity contribution in [1.29, 1.82) is 0 Å². The lowest BCUT2D eigenvalue weighted by atomic mass is 10.0. The Labute approximate surface area is 149 Å². The number of quaternary nitrogens is 1. The molecule has 0 spiro atoms. The van der Waals surface area contributed by atoms with Crippen LogP contribution in [0.2, 0.25) is 0 Å². The van der Waals surface area contributed by atoms with Crippen molar-refractivity contribution in [2.45, 2.75) is 19.5 Å². The number of benzene rings is 1. The maximum atomic E-state index is 5.71. The Morgan fingerprint density at radius 2 is 1.96 bits per heavy atom. The van der Waals surface area contributed by atoms with E-state index in [0.717, 1.165) is 0 Å². The van der Waals surface area contributed by atoms with Crippen molar-refractivity contribution in [3.63, 3.8) is 0 Å². The van der Waals surface area contributed by atoms with Gasteiger partial charge in [0.15, 0.2) is 12.3 Å². The predicted octanol–water partition coefficient (Wildman–Crippen LogP) is 3.55. The van der Waals surface area contributed by atoms with Gasteiger partial charge in [0.1, 0.15) is 6.04 Å². The number of aryl methyl sites for hydroxylation is 1. The van der Waals surface area contributed by atoms with Crippen LogP contribution in [0.25, 0.3) is 11.7 Å². The van der Waals surface area contributed by atoms with Crippen LogP contribution < -0.4 is 5.32 Å². The molecule has 1 aromatic carbocycles. The van der Waals surface area contributed by atoms with Crippen LogP contribution in [0.3, 0.4) is 0 Å². The summed E-state index contributed by atoms with van der Waals surface area (Å²) in [4.78, 5) is 1.30. The van der Waals surface area contributed by atoms with E-state index in [4.69, 9.17) is 8.83 Å². The highest BCUT2D eigenvalue weighted by molar-refractivity contribution is 7.10. The summed E-state index contributed by atoms with van der Waals surface area (Å²) < 4.78 is 11.0. The van der Waals surface area contributed by atoms with Crippen molar-refractivity contribution in [2.75, 3.05) is 0 Å². The Hall–Kier alpha value is -2.70. The molecule has 0 radical (unpaired) electrons. The molecule has 6 heteroatoms. The number of nitrogens with zero attached hydrogens (tertiary/aromatic N) is 2. The Balaban J connectivity index is 1.52. The minimum atomic E-state index is 0.208. The molecule has 0 aliphatic carbocycles. The zero-order chi connectivity index (χ0) is 17.1. The highest BCUT2D eigenvalue weighted by Gasteiger charge is 2.20. The SMILES string of the molecule is Cc1ccc([C@@H]([NH2+]Cc2nnc(-c3ccco3)o2)c2cccs2)cc1. The first kappa shape index (κ1) is 15.8. The first-order valence-electron chi connectivity index (χ1n) is 8.09. The molecule has 0 saturated carbocycles. The topological polar surface area (TPSA) is 68.7 Å². The maximum Gasteiger partial charge on any atom is 0.283 e. The number of rotatable bonds is 6. The van der Waals surface area contributed by atoms with Gasteiger partial charge in [0.2, 0.25) is 0 Å². The lowest BCUT2D eigenvalue weighted by Gasteiger charge is -2.14. The average Bonchev–Trinajstić information content (AvgIpc) is 3.39. The fraction of sp³-hybridized carbons (Fsp3) is 0.158. The van der Waals surface area contributed by atoms with E-state index in [0.29, 0.717) is 24.1 Å². The Morgan fingerprint density at radius 1 is 1.08 bits per heavy atom. The summed E-state index contributed by atoms with van der Waals surface area (Å²) in [6.45, 7) is 2.70. The maximum absolute atomic E-state index is 5.71. The van der Waals surface area contributed by atoms with E-state index in [1.807, 2.05) is 6.07 Å². The largest absolute Gasteiger partial charge is 0.459 e. The van der Waals surface area contributed by atoms with E-state index >= 15 is 0 Å². The third-order valence-corrected chi connectivity index (χ3v) is 4.97. The molecule has 0 bridgehead atoms. The highest BCUT2D eigenvalue weighted by Crippen LogP contribution is 2.23. The van der Waals surface area contributed by atoms with Crippen molar-refractivity contribution >= 4 is 11.3 Å². The molecule has 1 atom stereocenters. The van der Waals surface area contributed by atoms with Gasteiger partial charge in [-0.2, -0.15) is 0 Å². The summed E-state index contributed by atoms with van der Waals surface area (Å²) in [5, 5.41) is 12.5. The monoisotopic (exact) mass is 352 g/mol. The predicted molar refractivity (Wildman–Crippen MR) is 95.0 cm³/mol. The smallest absolute Gasteiger partial charge is 0.283 e. The molecule has 0 saturated heterocycles. The van der Waals surface area contributed by atoms with E-state index in [2.05, 4.69) is 64.2 Å². The van der Waals surface area contributed by atoms with Crippen molar-refractivity contribution in [3.8, 4) is 11.7 Å². The first-order chi connectivity index (χ1) is 12.3. The molecular formula is C19H18N3O2S+. The van der Waals surface area contributed by atoms with Gasteiger partial charge in [0.05, 0.1) is 11.1 Å². The van der Waals surface area contributed by atoms with Gasteiger partial charge in [-0.3, -0.25) is 0 Å². The van der Waals surface area contributed by atoms with Gasteiger partial charge in [-0.1, -0.05) is 35.9 Å². The van der Waals surface area contributed by atoms with Gasteiger partial charge in [0, 0.05) is 5.56 Å². The molecule has 4 aromatic rings. The molecule has 4 rings (SSSR count). The minimum absolute atomic E-state index is 0.208. The number of hydrogen-bond donors (Lipinski definition) is 1. The molecule has 0 aliphatic heterocycles. The van der Waals surface area contributed by atoms with E-state index in [1.54, 1.807) is 23.7 Å². The first-order valence-corrected chi connectivity index (χ1v) is 8.97. The average molecular weight is 352 g/mol. The molecule has 0 unspecified atom stereocenters. The Kier molecular flexibility index (Phi) is 4.45. The van der Waals surface area contributed by atoms with Gasteiger partial charge in [-0.05, 0) is 30.5 Å². The number of thiophene rings is 1. The molecule has 0 aliphatic rings. The Bertz CT molecular complexity index is 912. The van der Waals surface area contributed by atoms with Crippen molar-refractivity contribution in [3.05, 3.63) is 82.1 Å². The number of nitrogens with two attached hydrogens (primary N) is 1. The van der Waals surface area contributed by atoms with E-state index < -0.39 is 0 Å². The van der Waals surface area contributed by atoms with Crippen LogP contribution in [0.1, 0.15) is 27.9 Å². The van der Waals surface area contributed by atoms with Crippen LogP contribution in [0.5, 0.6) is 0 Å². The highest BCUT2D eigenvalue weighted by atomic mass is 32.1. The van der Waals surface area contributed by atoms with Crippen LogP contribution in [-0.2, 0) is 6.54 Å². The van der Waals surface area contributed by atoms with Crippen LogP contribution >= 0.6 is 11.3 Å². The van der Waals surface area contributed by atoms with E-state index in [9.17, 15) is 0 Å². The summed E-state index contributed by atoms with van der Waals surface area (Å²) in [5.74, 6) is 1.59. The standard InChI is InChI=1S/C19H17N3O2S/c1-13-6-8-14(9-7-13)18(16-5-3-11-25-16)20-12-17-21-22-19(24-17)15-4-2-10-23-15/h2-11,18,20H,12H2,1H3/p+1/t18-/m1/s1. The molecule has 25 heavy (non-hydrogen) atoms. The van der Waals surface area contributed by atoms with Gasteiger partial charge in [-0.15, -0.1) is 21.5 Å². The third-order valence-electron chi connectivity index (χ3n) is 4.01. The summed E-state index contributed by atoms with van der Waals surface area (Å²) in [5.41, 5.74) is 2.52. The molecule has 0 fully saturated rings. The summed E-state index contributed by atoms with van der Waals surface area (Å²) in [6, 6.07) is 16.7. The van der Waals surface area contributed by atoms with Gasteiger partial charge in [0.25, 0.3) is 11.8 Å². The quantitative estimate of drug-likeness (QED) is 0.576. The summed E-state index contributed by atoms with van der Waals surface area (Å²) >= 11 is 1.76. The summed E-state index contributed by atoms with van der Waals surface area (Å²) in [6.07, 6.45) is 1.59. The minimum Gasteiger partial charge on any atom is -0.459 e. The second kappa shape index (κ2) is 7.04. The third kappa shape index (κ3) is 3.55. The van der Waals surface area contributed by atoms with Gasteiger partial charge >= 0.3 is 0 Å². The molecule has 5 nitrogen and oxygen atoms in total. The van der Waals surface area contributed by atoms with Gasteiger partial charge in [-0.25, -0.2) is 0 Å². The molecule has 3 heterocycles. The van der Waals surface area contributed by atoms with Gasteiger partial charge < -0.3 is 14.2 Å². The van der Waals surface area contributed by atoms with Crippen molar-refractivity contribution < 1.29 is 14.2 Å². The molecule has 126 valence electrons. The van der Waals surface area contributed by atoms with Crippen LogP contribution in [0.4, 0.5) is 0 Å². The van der Waals surface area contributed by atoms with Crippen LogP contribution in [0, 0.1) is 6.92 Å². The second-order valence-electron chi connectivity index (χ2n) is 5.82. The lowest BCUT2D eigenvalue weighted by Crippen LogP contribution is -2.83. The fourth-order valence-corrected chi connectivity index (χ4v) is 3.56. The van der Waals surface area contributed by atoms with E-state index in [-0.39, 0.29) is 6.04 Å². The van der Waals surface area contributed by atoms with Crippen molar-refractivity contribution in [2.24, 2.45) is 0 Å². The van der Waals surface area contributed by atoms with E-state index in [1.165, 1.54) is 16.0 Å². The lowest BCUT2D eigenvalue weighted by molar-refractivity contribution is -0.703.